The lowest BCUT2D eigenvalue weighted by Crippen LogP contribution is -2.09. The minimum absolute atomic E-state index is 0.0547. The Morgan fingerprint density at radius 3 is 2.86 bits per heavy atom. The summed E-state index contributed by atoms with van der Waals surface area (Å²) in [6.07, 6.45) is 1.39. The number of pyridine rings is 1. The van der Waals surface area contributed by atoms with E-state index in [-0.39, 0.29) is 28.2 Å². The van der Waals surface area contributed by atoms with E-state index in [0.29, 0.717) is 5.75 Å². The third kappa shape index (κ3) is 3.49. The number of nitrogens with two attached hydrogens (primary N) is 1. The van der Waals surface area contributed by atoms with Crippen LogP contribution in [0.5, 0.6) is 11.6 Å². The molecule has 2 N–H and O–H groups in total. The third-order valence-electron chi connectivity index (χ3n) is 2.55. The number of hydrogen-bond acceptors (Lipinski definition) is 5. The molecule has 0 aliphatic heterocycles. The van der Waals surface area contributed by atoms with Crippen molar-refractivity contribution in [1.82, 2.24) is 4.98 Å². The fourth-order valence-corrected chi connectivity index (χ4v) is 1.93. The molecular weight excluding hydrogens is 343 g/mol. The van der Waals surface area contributed by atoms with Gasteiger partial charge in [-0.05, 0) is 47.1 Å². The Kier molecular flexibility index (Phi) is 4.74. The van der Waals surface area contributed by atoms with Crippen molar-refractivity contribution in [3.05, 3.63) is 46.3 Å². The summed E-state index contributed by atoms with van der Waals surface area (Å²) in [5, 5.41) is 0. The van der Waals surface area contributed by atoms with E-state index in [2.05, 4.69) is 20.9 Å². The molecule has 0 amide bonds. The van der Waals surface area contributed by atoms with Crippen LogP contribution in [0.25, 0.3) is 0 Å². The predicted octanol–water partition coefficient (Wildman–Crippen LogP) is 3.53. The van der Waals surface area contributed by atoms with Gasteiger partial charge in [-0.15, -0.1) is 0 Å². The molecule has 2 aromatic rings. The molecule has 0 saturated heterocycles. The summed E-state index contributed by atoms with van der Waals surface area (Å²) < 4.78 is 23.8. The predicted molar refractivity (Wildman–Crippen MR) is 78.8 cm³/mol. The van der Waals surface area contributed by atoms with Gasteiger partial charge in [0.2, 0.25) is 5.88 Å². The van der Waals surface area contributed by atoms with Gasteiger partial charge in [-0.2, -0.15) is 0 Å². The number of nitrogens with zero attached hydrogens (tertiary/aromatic N) is 1. The molecule has 1 heterocycles. The summed E-state index contributed by atoms with van der Waals surface area (Å²) in [4.78, 5) is 15.7. The van der Waals surface area contributed by atoms with E-state index in [1.54, 1.807) is 6.92 Å². The standard InChI is InChI=1S/C14H12BrFN2O3/c1-2-20-14(19)9-5-6-18-13(12(9)17)21-8-3-4-11(16)10(15)7-8/h3-7H,2,17H2,1H3. The smallest absolute Gasteiger partial charge is 0.340 e. The molecule has 0 bridgehead atoms. The minimum Gasteiger partial charge on any atom is -0.462 e. The lowest BCUT2D eigenvalue weighted by Gasteiger charge is -2.10. The van der Waals surface area contributed by atoms with Gasteiger partial charge in [0.15, 0.2) is 0 Å². The van der Waals surface area contributed by atoms with Crippen molar-refractivity contribution in [2.24, 2.45) is 0 Å². The highest BCUT2D eigenvalue weighted by Crippen LogP contribution is 2.30. The Balaban J connectivity index is 2.30. The summed E-state index contributed by atoms with van der Waals surface area (Å²) in [6.45, 7) is 1.93. The van der Waals surface area contributed by atoms with Gasteiger partial charge in [-0.3, -0.25) is 0 Å². The SMILES string of the molecule is CCOC(=O)c1ccnc(Oc2ccc(F)c(Br)c2)c1N. The third-order valence-corrected chi connectivity index (χ3v) is 3.16. The first-order valence-corrected chi connectivity index (χ1v) is 6.86. The normalized spacial score (nSPS) is 10.2. The number of anilines is 1. The highest BCUT2D eigenvalue weighted by molar-refractivity contribution is 9.10. The first-order valence-electron chi connectivity index (χ1n) is 6.07. The number of halogens is 2. The molecule has 0 unspecified atom stereocenters. The van der Waals surface area contributed by atoms with Crippen LogP contribution in [0, 0.1) is 5.82 Å². The first-order chi connectivity index (χ1) is 10.0. The average molecular weight is 355 g/mol. The number of benzene rings is 1. The summed E-state index contributed by atoms with van der Waals surface area (Å²) >= 11 is 3.06. The maximum Gasteiger partial charge on any atom is 0.340 e. The molecule has 1 aromatic heterocycles. The van der Waals surface area contributed by atoms with E-state index in [0.717, 1.165) is 0 Å². The van der Waals surface area contributed by atoms with Crippen LogP contribution < -0.4 is 10.5 Å². The van der Waals surface area contributed by atoms with Crippen molar-refractivity contribution >= 4 is 27.6 Å². The van der Waals surface area contributed by atoms with Crippen LogP contribution in [0.1, 0.15) is 17.3 Å². The van der Waals surface area contributed by atoms with Gasteiger partial charge in [0.25, 0.3) is 0 Å². The lowest BCUT2D eigenvalue weighted by molar-refractivity contribution is 0.0527. The fourth-order valence-electron chi connectivity index (χ4n) is 1.57. The van der Waals surface area contributed by atoms with E-state index in [4.69, 9.17) is 15.2 Å². The Hall–Kier alpha value is -2.15. The van der Waals surface area contributed by atoms with Crippen molar-refractivity contribution in [2.75, 3.05) is 12.3 Å². The monoisotopic (exact) mass is 354 g/mol. The second-order valence-electron chi connectivity index (χ2n) is 3.98. The zero-order valence-corrected chi connectivity index (χ0v) is 12.7. The number of nitrogen functional groups attached to an aromatic ring is 1. The molecule has 0 spiro atoms. The largest absolute Gasteiger partial charge is 0.462 e. The number of hydrogen-bond donors (Lipinski definition) is 1. The number of carbonyl (C=O) groups excluding carboxylic acids is 1. The van der Waals surface area contributed by atoms with Crippen molar-refractivity contribution in [2.45, 2.75) is 6.92 Å². The molecular formula is C14H12BrFN2O3. The Morgan fingerprint density at radius 1 is 1.43 bits per heavy atom. The van der Waals surface area contributed by atoms with Crippen molar-refractivity contribution < 1.29 is 18.7 Å². The number of carbonyl (C=O) groups is 1. The molecule has 0 fully saturated rings. The molecule has 110 valence electrons. The molecule has 0 aliphatic carbocycles. The number of ether oxygens (including phenoxy) is 2. The van der Waals surface area contributed by atoms with Crippen LogP contribution in [0.3, 0.4) is 0 Å². The highest BCUT2D eigenvalue weighted by atomic mass is 79.9. The van der Waals surface area contributed by atoms with Gasteiger partial charge in [-0.25, -0.2) is 14.2 Å². The Labute approximate surface area is 129 Å². The van der Waals surface area contributed by atoms with Crippen LogP contribution in [0.2, 0.25) is 0 Å². The molecule has 2 rings (SSSR count). The zero-order valence-electron chi connectivity index (χ0n) is 11.1. The number of aromatic nitrogens is 1. The lowest BCUT2D eigenvalue weighted by atomic mass is 10.2. The van der Waals surface area contributed by atoms with Gasteiger partial charge < -0.3 is 15.2 Å². The summed E-state index contributed by atoms with van der Waals surface area (Å²) in [6, 6.07) is 5.55. The summed E-state index contributed by atoms with van der Waals surface area (Å²) in [5.41, 5.74) is 6.09. The second kappa shape index (κ2) is 6.53. The molecule has 0 aliphatic rings. The number of rotatable bonds is 4. The van der Waals surface area contributed by atoms with E-state index in [1.807, 2.05) is 0 Å². The molecule has 0 radical (unpaired) electrons. The van der Waals surface area contributed by atoms with Gasteiger partial charge in [-0.1, -0.05) is 0 Å². The van der Waals surface area contributed by atoms with E-state index in [9.17, 15) is 9.18 Å². The quantitative estimate of drug-likeness (QED) is 0.850. The first kappa shape index (κ1) is 15.2. The molecule has 0 atom stereocenters. The van der Waals surface area contributed by atoms with E-state index in [1.165, 1.54) is 30.5 Å². The van der Waals surface area contributed by atoms with Crippen LogP contribution in [-0.2, 0) is 4.74 Å². The van der Waals surface area contributed by atoms with Gasteiger partial charge in [0, 0.05) is 6.20 Å². The molecule has 21 heavy (non-hydrogen) atoms. The van der Waals surface area contributed by atoms with Crippen molar-refractivity contribution in [3.63, 3.8) is 0 Å². The van der Waals surface area contributed by atoms with Crippen LogP contribution in [0.4, 0.5) is 10.1 Å². The Morgan fingerprint density at radius 2 is 2.19 bits per heavy atom. The maximum atomic E-state index is 13.2. The van der Waals surface area contributed by atoms with Crippen LogP contribution in [0.15, 0.2) is 34.9 Å². The van der Waals surface area contributed by atoms with Crippen LogP contribution >= 0.6 is 15.9 Å². The summed E-state index contributed by atoms with van der Waals surface area (Å²) in [5.74, 6) is -0.575. The van der Waals surface area contributed by atoms with E-state index >= 15 is 0 Å². The van der Waals surface area contributed by atoms with Crippen molar-refractivity contribution in [3.8, 4) is 11.6 Å². The number of esters is 1. The van der Waals surface area contributed by atoms with Gasteiger partial charge in [0.05, 0.1) is 16.6 Å². The van der Waals surface area contributed by atoms with Gasteiger partial charge >= 0.3 is 5.97 Å². The van der Waals surface area contributed by atoms with Crippen molar-refractivity contribution in [1.29, 1.82) is 0 Å². The van der Waals surface area contributed by atoms with Gasteiger partial charge in [0.1, 0.15) is 17.3 Å². The second-order valence-corrected chi connectivity index (χ2v) is 4.83. The Bertz CT molecular complexity index is 679. The molecule has 0 saturated carbocycles. The minimum atomic E-state index is -0.553. The molecule has 5 nitrogen and oxygen atoms in total. The maximum absolute atomic E-state index is 13.2. The van der Waals surface area contributed by atoms with E-state index < -0.39 is 11.8 Å². The summed E-state index contributed by atoms with van der Waals surface area (Å²) in [7, 11) is 0. The van der Waals surface area contributed by atoms with Crippen LogP contribution in [-0.4, -0.2) is 17.6 Å². The zero-order chi connectivity index (χ0) is 15.4. The fraction of sp³-hybridized carbons (Fsp3) is 0.143. The highest BCUT2D eigenvalue weighted by Gasteiger charge is 2.16. The topological polar surface area (TPSA) is 74.4 Å². The molecule has 1 aromatic carbocycles. The molecule has 7 heteroatoms. The average Bonchev–Trinajstić information content (AvgIpc) is 2.45.